The van der Waals surface area contributed by atoms with Crippen molar-refractivity contribution in [2.45, 2.75) is 25.8 Å². The summed E-state index contributed by atoms with van der Waals surface area (Å²) in [5.41, 5.74) is 0. The summed E-state index contributed by atoms with van der Waals surface area (Å²) in [6.45, 7) is 3.31. The molecule has 1 fully saturated rings. The highest BCUT2D eigenvalue weighted by molar-refractivity contribution is 7.90. The van der Waals surface area contributed by atoms with Crippen LogP contribution in [0.25, 0.3) is 0 Å². The first kappa shape index (κ1) is 13.4. The number of hydrogen-bond acceptors (Lipinski definition) is 4. The van der Waals surface area contributed by atoms with E-state index in [0.29, 0.717) is 19.4 Å². The molecule has 0 aromatic rings. The molecule has 0 bridgehead atoms. The van der Waals surface area contributed by atoms with Gasteiger partial charge in [0.2, 0.25) is 0 Å². The summed E-state index contributed by atoms with van der Waals surface area (Å²) < 4.78 is 21.9. The van der Waals surface area contributed by atoms with Crippen molar-refractivity contribution in [1.29, 1.82) is 0 Å². The van der Waals surface area contributed by atoms with E-state index in [-0.39, 0.29) is 17.7 Å². The molecule has 1 rings (SSSR count). The van der Waals surface area contributed by atoms with E-state index in [0.717, 1.165) is 6.54 Å². The average molecular weight is 249 g/mol. The Balaban J connectivity index is 2.38. The van der Waals surface area contributed by atoms with E-state index in [1.807, 2.05) is 6.92 Å². The Bertz CT molecular complexity index is 352. The number of aliphatic carboxylic acids is 1. The highest BCUT2D eigenvalue weighted by Gasteiger charge is 2.34. The molecular weight excluding hydrogens is 230 g/mol. The van der Waals surface area contributed by atoms with Crippen molar-refractivity contribution in [3.63, 3.8) is 0 Å². The molecule has 2 atom stereocenters. The SMILES string of the molecule is CC1C(C(=O)O)CCN1CCCS(C)(=O)=O. The van der Waals surface area contributed by atoms with Gasteiger partial charge in [0.1, 0.15) is 9.84 Å². The summed E-state index contributed by atoms with van der Waals surface area (Å²) in [6.07, 6.45) is 2.46. The molecule has 0 aliphatic carbocycles. The first-order chi connectivity index (χ1) is 7.31. The van der Waals surface area contributed by atoms with Gasteiger partial charge in [-0.3, -0.25) is 9.69 Å². The Morgan fingerprint density at radius 1 is 1.50 bits per heavy atom. The number of carboxylic acid groups (broad SMARTS) is 1. The Labute approximate surface area is 96.4 Å². The summed E-state index contributed by atoms with van der Waals surface area (Å²) in [4.78, 5) is 12.9. The lowest BCUT2D eigenvalue weighted by molar-refractivity contribution is -0.142. The molecule has 1 N–H and O–H groups in total. The van der Waals surface area contributed by atoms with Gasteiger partial charge in [0.15, 0.2) is 0 Å². The van der Waals surface area contributed by atoms with E-state index in [2.05, 4.69) is 4.90 Å². The molecule has 16 heavy (non-hydrogen) atoms. The predicted molar refractivity (Wildman–Crippen MR) is 61.1 cm³/mol. The van der Waals surface area contributed by atoms with Gasteiger partial charge in [0, 0.05) is 12.3 Å². The van der Waals surface area contributed by atoms with Crippen molar-refractivity contribution in [3.8, 4) is 0 Å². The smallest absolute Gasteiger partial charge is 0.308 e. The van der Waals surface area contributed by atoms with Crippen molar-refractivity contribution < 1.29 is 18.3 Å². The second-order valence-electron chi connectivity index (χ2n) is 4.49. The van der Waals surface area contributed by atoms with Crippen LogP contribution < -0.4 is 0 Å². The van der Waals surface area contributed by atoms with Crippen molar-refractivity contribution in [2.75, 3.05) is 25.1 Å². The van der Waals surface area contributed by atoms with Gasteiger partial charge in [0.25, 0.3) is 0 Å². The third-order valence-electron chi connectivity index (χ3n) is 3.16. The summed E-state index contributed by atoms with van der Waals surface area (Å²) >= 11 is 0. The number of carbonyl (C=O) groups is 1. The zero-order valence-electron chi connectivity index (χ0n) is 9.72. The van der Waals surface area contributed by atoms with Crippen LogP contribution in [0.1, 0.15) is 19.8 Å². The van der Waals surface area contributed by atoms with E-state index < -0.39 is 15.8 Å². The minimum atomic E-state index is -2.91. The van der Waals surface area contributed by atoms with Gasteiger partial charge in [-0.1, -0.05) is 0 Å². The van der Waals surface area contributed by atoms with Crippen LogP contribution in [-0.2, 0) is 14.6 Å². The normalized spacial score (nSPS) is 27.1. The summed E-state index contributed by atoms with van der Waals surface area (Å²) in [6, 6.07) is 0.0112. The first-order valence-corrected chi connectivity index (χ1v) is 7.52. The van der Waals surface area contributed by atoms with Crippen LogP contribution in [0.5, 0.6) is 0 Å². The van der Waals surface area contributed by atoms with E-state index in [9.17, 15) is 13.2 Å². The molecule has 1 saturated heterocycles. The third kappa shape index (κ3) is 3.75. The van der Waals surface area contributed by atoms with Crippen molar-refractivity contribution in [2.24, 2.45) is 5.92 Å². The number of sulfone groups is 1. The molecule has 6 heteroatoms. The van der Waals surface area contributed by atoms with Crippen LogP contribution in [-0.4, -0.2) is 55.5 Å². The molecule has 1 aliphatic heterocycles. The number of likely N-dealkylation sites (tertiary alicyclic amines) is 1. The molecule has 94 valence electrons. The molecule has 2 unspecified atom stereocenters. The van der Waals surface area contributed by atoms with Gasteiger partial charge in [-0.25, -0.2) is 8.42 Å². The molecular formula is C10H19NO4S. The second-order valence-corrected chi connectivity index (χ2v) is 6.75. The van der Waals surface area contributed by atoms with E-state index >= 15 is 0 Å². The summed E-state index contributed by atoms with van der Waals surface area (Å²) in [5.74, 6) is -0.884. The van der Waals surface area contributed by atoms with E-state index in [1.165, 1.54) is 6.26 Å². The molecule has 0 aromatic heterocycles. The standard InChI is InChI=1S/C10H19NO4S/c1-8-9(10(12)13)4-6-11(8)5-3-7-16(2,14)15/h8-9H,3-7H2,1-2H3,(H,12,13). The van der Waals surface area contributed by atoms with Crippen LogP contribution in [0.3, 0.4) is 0 Å². The number of rotatable bonds is 5. The molecule has 0 amide bonds. The van der Waals surface area contributed by atoms with E-state index in [4.69, 9.17) is 5.11 Å². The zero-order valence-corrected chi connectivity index (χ0v) is 10.5. The lowest BCUT2D eigenvalue weighted by atomic mass is 10.0. The molecule has 0 spiro atoms. The van der Waals surface area contributed by atoms with Gasteiger partial charge >= 0.3 is 5.97 Å². The largest absolute Gasteiger partial charge is 0.481 e. The fourth-order valence-electron chi connectivity index (χ4n) is 2.18. The molecule has 1 heterocycles. The summed E-state index contributed by atoms with van der Waals surface area (Å²) in [7, 11) is -2.91. The van der Waals surface area contributed by atoms with Gasteiger partial charge in [-0.05, 0) is 32.9 Å². The lowest BCUT2D eigenvalue weighted by Gasteiger charge is -2.22. The summed E-state index contributed by atoms with van der Waals surface area (Å²) in [5, 5.41) is 8.93. The highest BCUT2D eigenvalue weighted by Crippen LogP contribution is 2.24. The molecule has 1 aliphatic rings. The fourth-order valence-corrected chi connectivity index (χ4v) is 2.83. The monoisotopic (exact) mass is 249 g/mol. The van der Waals surface area contributed by atoms with Crippen LogP contribution >= 0.6 is 0 Å². The number of carboxylic acids is 1. The van der Waals surface area contributed by atoms with Crippen LogP contribution in [0, 0.1) is 5.92 Å². The number of nitrogens with zero attached hydrogens (tertiary/aromatic N) is 1. The Kier molecular flexibility index (Phi) is 4.32. The maximum absolute atomic E-state index is 10.9. The predicted octanol–water partition coefficient (Wildman–Crippen LogP) is 0.216. The first-order valence-electron chi connectivity index (χ1n) is 5.46. The van der Waals surface area contributed by atoms with Crippen LogP contribution in [0.2, 0.25) is 0 Å². The van der Waals surface area contributed by atoms with E-state index in [1.54, 1.807) is 0 Å². The van der Waals surface area contributed by atoms with Crippen molar-refractivity contribution in [1.82, 2.24) is 4.90 Å². The van der Waals surface area contributed by atoms with Gasteiger partial charge < -0.3 is 5.11 Å². The molecule has 0 saturated carbocycles. The van der Waals surface area contributed by atoms with Gasteiger partial charge in [-0.15, -0.1) is 0 Å². The minimum absolute atomic E-state index is 0.0112. The Hall–Kier alpha value is -0.620. The Morgan fingerprint density at radius 3 is 2.56 bits per heavy atom. The molecule has 0 aromatic carbocycles. The van der Waals surface area contributed by atoms with Crippen LogP contribution in [0.4, 0.5) is 0 Å². The van der Waals surface area contributed by atoms with Gasteiger partial charge in [-0.2, -0.15) is 0 Å². The topological polar surface area (TPSA) is 74.7 Å². The average Bonchev–Trinajstić information content (AvgIpc) is 2.46. The molecule has 0 radical (unpaired) electrons. The zero-order chi connectivity index (χ0) is 12.3. The fraction of sp³-hybridized carbons (Fsp3) is 0.900. The lowest BCUT2D eigenvalue weighted by Crippen LogP contribution is -2.34. The van der Waals surface area contributed by atoms with Crippen molar-refractivity contribution >= 4 is 15.8 Å². The van der Waals surface area contributed by atoms with Crippen molar-refractivity contribution in [3.05, 3.63) is 0 Å². The maximum atomic E-state index is 10.9. The quantitative estimate of drug-likeness (QED) is 0.754. The van der Waals surface area contributed by atoms with Crippen LogP contribution in [0.15, 0.2) is 0 Å². The maximum Gasteiger partial charge on any atom is 0.308 e. The van der Waals surface area contributed by atoms with Gasteiger partial charge in [0.05, 0.1) is 11.7 Å². The molecule has 5 nitrogen and oxygen atoms in total. The second kappa shape index (κ2) is 5.14. The highest BCUT2D eigenvalue weighted by atomic mass is 32.2. The Morgan fingerprint density at radius 2 is 2.12 bits per heavy atom. The number of hydrogen-bond donors (Lipinski definition) is 1. The third-order valence-corrected chi connectivity index (χ3v) is 4.19. The minimum Gasteiger partial charge on any atom is -0.481 e.